The molecule has 1 atom stereocenters. The Morgan fingerprint density at radius 1 is 1.00 bits per heavy atom. The summed E-state index contributed by atoms with van der Waals surface area (Å²) in [5, 5.41) is 0. The number of nitrogens with one attached hydrogen (secondary N) is 2. The molecule has 8 nitrogen and oxygen atoms in total. The lowest BCUT2D eigenvalue weighted by molar-refractivity contribution is 0.163. The molecule has 5 rings (SSSR count). The minimum atomic E-state index is -0.352. The van der Waals surface area contributed by atoms with Gasteiger partial charge in [-0.25, -0.2) is 9.78 Å². The Morgan fingerprint density at radius 3 is 2.45 bits per heavy atom. The molecule has 3 heterocycles. The molecule has 0 spiro atoms. The van der Waals surface area contributed by atoms with Gasteiger partial charge in [0.05, 0.1) is 11.2 Å². The largest absolute Gasteiger partial charge is 0.367 e. The number of nitrogens with zero attached hydrogens (tertiary/aromatic N) is 4. The van der Waals surface area contributed by atoms with Crippen LogP contribution in [0, 0.1) is 0 Å². The third-order valence-electron chi connectivity index (χ3n) is 7.73. The molecule has 0 radical (unpaired) electrons. The summed E-state index contributed by atoms with van der Waals surface area (Å²) in [5.74, 6) is 0.879. The molecular weight excluding hydrogens is 476 g/mol. The predicted octanol–water partition coefficient (Wildman–Crippen LogP) is 4.50. The highest BCUT2D eigenvalue weighted by molar-refractivity contribution is 5.91. The van der Waals surface area contributed by atoms with Crippen molar-refractivity contribution in [1.82, 2.24) is 24.4 Å². The Bertz CT molecular complexity index is 1540. The molecule has 1 aliphatic heterocycles. The maximum atomic E-state index is 12.5. The van der Waals surface area contributed by atoms with Crippen LogP contribution in [-0.4, -0.2) is 50.1 Å². The van der Waals surface area contributed by atoms with E-state index in [1.54, 1.807) is 10.8 Å². The summed E-state index contributed by atoms with van der Waals surface area (Å²) in [6.45, 7) is 14.3. The minimum Gasteiger partial charge on any atom is -0.367 e. The van der Waals surface area contributed by atoms with Gasteiger partial charge < -0.3 is 14.5 Å². The number of H-pyrrole nitrogens is 2. The summed E-state index contributed by atoms with van der Waals surface area (Å²) in [6, 6.07) is 15.3. The van der Waals surface area contributed by atoms with E-state index in [0.29, 0.717) is 18.7 Å². The zero-order valence-corrected chi connectivity index (χ0v) is 23.0. The van der Waals surface area contributed by atoms with E-state index >= 15 is 0 Å². The minimum absolute atomic E-state index is 0.113. The van der Waals surface area contributed by atoms with Gasteiger partial charge in [0, 0.05) is 56.1 Å². The number of para-hydroxylation sites is 1. The molecule has 4 aromatic rings. The first kappa shape index (κ1) is 26.0. The van der Waals surface area contributed by atoms with Crippen molar-refractivity contribution in [3.8, 4) is 11.4 Å². The summed E-state index contributed by atoms with van der Waals surface area (Å²) in [4.78, 5) is 40.2. The molecular formula is C30H38N6O2. The Labute approximate surface area is 223 Å². The molecule has 0 bridgehead atoms. The summed E-state index contributed by atoms with van der Waals surface area (Å²) in [5.41, 5.74) is 5.63. The first-order chi connectivity index (χ1) is 18.2. The fraction of sp³-hybridized carbons (Fsp3) is 0.433. The van der Waals surface area contributed by atoms with Gasteiger partial charge in [-0.15, -0.1) is 0 Å². The number of imidazole rings is 1. The molecule has 2 N–H and O–H groups in total. The van der Waals surface area contributed by atoms with E-state index in [0.717, 1.165) is 54.2 Å². The third kappa shape index (κ3) is 5.05. The lowest BCUT2D eigenvalue weighted by Crippen LogP contribution is -2.53. The quantitative estimate of drug-likeness (QED) is 0.396. The molecule has 1 saturated heterocycles. The van der Waals surface area contributed by atoms with Crippen LogP contribution in [0.25, 0.3) is 22.4 Å². The number of benzene rings is 2. The number of aromatic nitrogens is 4. The van der Waals surface area contributed by atoms with E-state index in [2.05, 4.69) is 89.9 Å². The van der Waals surface area contributed by atoms with Gasteiger partial charge in [0.1, 0.15) is 11.3 Å². The maximum absolute atomic E-state index is 12.5. The van der Waals surface area contributed by atoms with E-state index in [1.807, 2.05) is 6.92 Å². The van der Waals surface area contributed by atoms with Crippen molar-refractivity contribution in [2.75, 3.05) is 24.5 Å². The predicted molar refractivity (Wildman–Crippen MR) is 154 cm³/mol. The van der Waals surface area contributed by atoms with Crippen molar-refractivity contribution in [2.24, 2.45) is 0 Å². The Kier molecular flexibility index (Phi) is 7.01. The van der Waals surface area contributed by atoms with Crippen LogP contribution in [0.4, 0.5) is 5.69 Å². The summed E-state index contributed by atoms with van der Waals surface area (Å²) >= 11 is 0. The first-order valence-corrected chi connectivity index (χ1v) is 13.6. The molecule has 0 unspecified atom stereocenters. The molecule has 1 fully saturated rings. The SMILES string of the molecule is CC[C@H]1CN(c2cccc3[nH]c(-c4ccc(C(C)(C)C)cc4)nc23)CCN1Cc1cn(CC)c(=O)[nH]c1=O. The monoisotopic (exact) mass is 514 g/mol. The fourth-order valence-electron chi connectivity index (χ4n) is 5.37. The van der Waals surface area contributed by atoms with E-state index in [4.69, 9.17) is 4.98 Å². The zero-order valence-electron chi connectivity index (χ0n) is 23.0. The molecule has 0 amide bonds. The molecule has 0 aliphatic carbocycles. The van der Waals surface area contributed by atoms with Crippen LogP contribution in [-0.2, 0) is 18.5 Å². The van der Waals surface area contributed by atoms with Crippen molar-refractivity contribution in [3.63, 3.8) is 0 Å². The van der Waals surface area contributed by atoms with Crippen molar-refractivity contribution in [3.05, 3.63) is 80.6 Å². The van der Waals surface area contributed by atoms with E-state index in [9.17, 15) is 9.59 Å². The van der Waals surface area contributed by atoms with Crippen molar-refractivity contribution in [1.29, 1.82) is 0 Å². The Hall–Kier alpha value is -3.65. The van der Waals surface area contributed by atoms with Gasteiger partial charge in [-0.1, -0.05) is 58.0 Å². The summed E-state index contributed by atoms with van der Waals surface area (Å²) in [7, 11) is 0. The topological polar surface area (TPSA) is 90.0 Å². The van der Waals surface area contributed by atoms with Crippen molar-refractivity contribution in [2.45, 2.75) is 65.6 Å². The van der Waals surface area contributed by atoms with Crippen molar-refractivity contribution < 1.29 is 0 Å². The second kappa shape index (κ2) is 10.3. The van der Waals surface area contributed by atoms with Crippen LogP contribution in [0.5, 0.6) is 0 Å². The van der Waals surface area contributed by atoms with Gasteiger partial charge in [0.2, 0.25) is 0 Å². The van der Waals surface area contributed by atoms with Gasteiger partial charge in [-0.05, 0) is 36.5 Å². The number of piperazine rings is 1. The summed E-state index contributed by atoms with van der Waals surface area (Å²) in [6.07, 6.45) is 2.67. The maximum Gasteiger partial charge on any atom is 0.328 e. The van der Waals surface area contributed by atoms with Gasteiger partial charge >= 0.3 is 5.69 Å². The van der Waals surface area contributed by atoms with E-state index in [-0.39, 0.29) is 22.7 Å². The number of hydrogen-bond donors (Lipinski definition) is 2. The van der Waals surface area contributed by atoms with Crippen LogP contribution >= 0.6 is 0 Å². The number of hydrogen-bond acceptors (Lipinski definition) is 5. The van der Waals surface area contributed by atoms with Crippen LogP contribution in [0.2, 0.25) is 0 Å². The molecule has 2 aromatic carbocycles. The second-order valence-electron chi connectivity index (χ2n) is 11.3. The molecule has 0 saturated carbocycles. The van der Waals surface area contributed by atoms with Gasteiger partial charge in [0.15, 0.2) is 0 Å². The number of aryl methyl sites for hydroxylation is 1. The van der Waals surface area contributed by atoms with Gasteiger partial charge in [0.25, 0.3) is 5.56 Å². The van der Waals surface area contributed by atoms with Crippen LogP contribution in [0.3, 0.4) is 0 Å². The Morgan fingerprint density at radius 2 is 1.76 bits per heavy atom. The standard InChI is InChI=1S/C30H38N6O2/c1-6-23-19-36(16-15-35(23)18-21-17-34(7-2)29(38)33-28(21)37)25-10-8-9-24-26(25)32-27(31-24)20-11-13-22(14-12-20)30(3,4)5/h8-14,17,23H,6-7,15-16,18-19H2,1-5H3,(H,31,32)(H,33,37,38)/t23-/m0/s1. The average molecular weight is 515 g/mol. The highest BCUT2D eigenvalue weighted by atomic mass is 16.2. The molecule has 38 heavy (non-hydrogen) atoms. The van der Waals surface area contributed by atoms with Gasteiger partial charge in [-0.3, -0.25) is 14.7 Å². The number of fused-ring (bicyclic) bond motifs is 1. The highest BCUT2D eigenvalue weighted by Crippen LogP contribution is 2.31. The zero-order chi connectivity index (χ0) is 27.0. The molecule has 2 aromatic heterocycles. The molecule has 200 valence electrons. The first-order valence-electron chi connectivity index (χ1n) is 13.6. The summed E-state index contributed by atoms with van der Waals surface area (Å²) < 4.78 is 1.56. The molecule has 1 aliphatic rings. The lowest BCUT2D eigenvalue weighted by Gasteiger charge is -2.42. The Balaban J connectivity index is 1.38. The number of anilines is 1. The highest BCUT2D eigenvalue weighted by Gasteiger charge is 2.28. The van der Waals surface area contributed by atoms with Crippen LogP contribution < -0.4 is 16.1 Å². The number of rotatable bonds is 6. The van der Waals surface area contributed by atoms with Crippen LogP contribution in [0.15, 0.2) is 58.3 Å². The van der Waals surface area contributed by atoms with E-state index in [1.165, 1.54) is 5.56 Å². The second-order valence-corrected chi connectivity index (χ2v) is 11.3. The lowest BCUT2D eigenvalue weighted by atomic mass is 9.87. The van der Waals surface area contributed by atoms with Crippen molar-refractivity contribution >= 4 is 16.7 Å². The van der Waals surface area contributed by atoms with E-state index < -0.39 is 0 Å². The normalized spacial score (nSPS) is 16.9. The average Bonchev–Trinajstić information content (AvgIpc) is 3.34. The molecule has 8 heteroatoms. The smallest absolute Gasteiger partial charge is 0.328 e. The van der Waals surface area contributed by atoms with Crippen LogP contribution in [0.1, 0.15) is 52.2 Å². The third-order valence-corrected chi connectivity index (χ3v) is 7.73. The van der Waals surface area contributed by atoms with Gasteiger partial charge in [-0.2, -0.15) is 0 Å². The fourth-order valence-corrected chi connectivity index (χ4v) is 5.37. The number of aromatic amines is 2.